The first kappa shape index (κ1) is 17.2. The minimum Gasteiger partial charge on any atom is -0.497 e. The van der Waals surface area contributed by atoms with Crippen LogP contribution in [0.25, 0.3) is 17.0 Å². The van der Waals surface area contributed by atoms with E-state index in [2.05, 4.69) is 27.0 Å². The molecule has 1 aromatic carbocycles. The van der Waals surface area contributed by atoms with E-state index in [0.29, 0.717) is 18.0 Å². The van der Waals surface area contributed by atoms with Crippen molar-refractivity contribution in [3.63, 3.8) is 0 Å². The minimum absolute atomic E-state index is 0.461. The summed E-state index contributed by atoms with van der Waals surface area (Å²) in [5.41, 5.74) is 8.42. The highest BCUT2D eigenvalue weighted by Gasteiger charge is 2.09. The quantitative estimate of drug-likeness (QED) is 0.638. The average molecular weight is 348 g/mol. The van der Waals surface area contributed by atoms with Crippen LogP contribution in [-0.2, 0) is 0 Å². The zero-order valence-electron chi connectivity index (χ0n) is 14.5. The second-order valence-corrected chi connectivity index (χ2v) is 5.44. The fourth-order valence-electron chi connectivity index (χ4n) is 2.36. The number of aromatic nitrogens is 4. The van der Waals surface area contributed by atoms with Crippen LogP contribution in [0.1, 0.15) is 0 Å². The number of allylic oxidation sites excluding steroid dienone is 4. The van der Waals surface area contributed by atoms with Gasteiger partial charge in [0, 0.05) is 17.3 Å². The maximum atomic E-state index is 6.00. The number of ether oxygens (including phenoxy) is 1. The lowest BCUT2D eigenvalue weighted by molar-refractivity contribution is 0.415. The van der Waals surface area contributed by atoms with Crippen molar-refractivity contribution < 1.29 is 4.74 Å². The van der Waals surface area contributed by atoms with Crippen LogP contribution in [0.15, 0.2) is 73.2 Å². The Morgan fingerprint density at radius 2 is 2.12 bits per heavy atom. The molecule has 132 valence electrons. The molecule has 0 aliphatic heterocycles. The van der Waals surface area contributed by atoms with Gasteiger partial charge in [0.1, 0.15) is 17.9 Å². The third-order valence-electron chi connectivity index (χ3n) is 3.67. The van der Waals surface area contributed by atoms with Crippen molar-refractivity contribution in [3.8, 4) is 17.0 Å². The highest BCUT2D eigenvalue weighted by molar-refractivity contribution is 5.66. The monoisotopic (exact) mass is 348 g/mol. The lowest BCUT2D eigenvalue weighted by atomic mass is 10.1. The maximum absolute atomic E-state index is 6.00. The molecule has 7 nitrogen and oxygen atoms in total. The summed E-state index contributed by atoms with van der Waals surface area (Å²) in [5, 5.41) is 7.48. The molecular formula is C19H20N6O. The number of benzene rings is 1. The molecule has 26 heavy (non-hydrogen) atoms. The number of rotatable bonds is 7. The van der Waals surface area contributed by atoms with Crippen molar-refractivity contribution in [2.75, 3.05) is 19.0 Å². The number of methoxy groups -OCH3 is 1. The predicted octanol–water partition coefficient (Wildman–Crippen LogP) is 2.80. The van der Waals surface area contributed by atoms with E-state index in [1.54, 1.807) is 17.7 Å². The summed E-state index contributed by atoms with van der Waals surface area (Å²) in [6, 6.07) is 9.60. The van der Waals surface area contributed by atoms with Gasteiger partial charge in [-0.15, -0.1) is 0 Å². The third-order valence-corrected chi connectivity index (χ3v) is 3.67. The van der Waals surface area contributed by atoms with Crippen LogP contribution in [0.2, 0.25) is 0 Å². The lowest BCUT2D eigenvalue weighted by Crippen LogP contribution is -2.14. The van der Waals surface area contributed by atoms with Crippen LogP contribution in [0.4, 0.5) is 5.82 Å². The molecule has 0 spiro atoms. The summed E-state index contributed by atoms with van der Waals surface area (Å²) in [6.07, 6.45) is 8.64. The van der Waals surface area contributed by atoms with Crippen LogP contribution in [0, 0.1) is 0 Å². The van der Waals surface area contributed by atoms with E-state index in [4.69, 9.17) is 10.5 Å². The van der Waals surface area contributed by atoms with Crippen molar-refractivity contribution >= 4 is 11.6 Å². The van der Waals surface area contributed by atoms with Gasteiger partial charge >= 0.3 is 0 Å². The molecule has 3 rings (SSSR count). The van der Waals surface area contributed by atoms with Crippen LogP contribution >= 0.6 is 0 Å². The normalized spacial score (nSPS) is 11.8. The smallest absolute Gasteiger partial charge is 0.254 e. The van der Waals surface area contributed by atoms with Crippen molar-refractivity contribution in [1.82, 2.24) is 19.6 Å². The van der Waals surface area contributed by atoms with E-state index >= 15 is 0 Å². The van der Waals surface area contributed by atoms with Crippen LogP contribution in [-0.4, -0.2) is 33.2 Å². The Morgan fingerprint density at radius 1 is 1.31 bits per heavy atom. The highest BCUT2D eigenvalue weighted by Crippen LogP contribution is 2.23. The van der Waals surface area contributed by atoms with Crippen LogP contribution < -0.4 is 15.8 Å². The molecule has 0 fully saturated rings. The molecule has 0 radical (unpaired) electrons. The molecule has 0 saturated carbocycles. The number of anilines is 1. The van der Waals surface area contributed by atoms with Gasteiger partial charge < -0.3 is 15.8 Å². The molecule has 2 heterocycles. The number of nitrogens with zero attached hydrogens (tertiary/aromatic N) is 4. The van der Waals surface area contributed by atoms with Crippen LogP contribution in [0.5, 0.6) is 5.75 Å². The summed E-state index contributed by atoms with van der Waals surface area (Å²) in [6.45, 7) is 4.08. The Bertz CT molecular complexity index is 956. The average Bonchev–Trinajstić information content (AvgIpc) is 3.15. The first-order valence-electron chi connectivity index (χ1n) is 8.04. The zero-order valence-corrected chi connectivity index (χ0v) is 14.5. The van der Waals surface area contributed by atoms with Gasteiger partial charge in [-0.2, -0.15) is 14.6 Å². The largest absolute Gasteiger partial charge is 0.497 e. The topological polar surface area (TPSA) is 90.4 Å². The first-order valence-corrected chi connectivity index (χ1v) is 8.04. The molecular weight excluding hydrogens is 328 g/mol. The molecule has 7 heteroatoms. The molecule has 3 aromatic rings. The Morgan fingerprint density at radius 3 is 2.85 bits per heavy atom. The van der Waals surface area contributed by atoms with Gasteiger partial charge in [-0.05, 0) is 30.3 Å². The zero-order chi connectivity index (χ0) is 18.4. The molecule has 0 bridgehead atoms. The van der Waals surface area contributed by atoms with E-state index in [9.17, 15) is 0 Å². The summed E-state index contributed by atoms with van der Waals surface area (Å²) in [5.74, 6) is 2.05. The van der Waals surface area contributed by atoms with Gasteiger partial charge in [0.2, 0.25) is 0 Å². The van der Waals surface area contributed by atoms with Gasteiger partial charge in [-0.1, -0.05) is 24.8 Å². The van der Waals surface area contributed by atoms with Gasteiger partial charge in [0.15, 0.2) is 0 Å². The Labute approximate surface area is 151 Å². The molecule has 0 atom stereocenters. The summed E-state index contributed by atoms with van der Waals surface area (Å²) in [4.78, 5) is 8.74. The third kappa shape index (κ3) is 3.89. The van der Waals surface area contributed by atoms with Crippen molar-refractivity contribution in [2.24, 2.45) is 5.73 Å². The fourth-order valence-corrected chi connectivity index (χ4v) is 2.36. The highest BCUT2D eigenvalue weighted by atomic mass is 16.5. The molecule has 3 N–H and O–H groups in total. The summed E-state index contributed by atoms with van der Waals surface area (Å²) < 4.78 is 6.84. The van der Waals surface area contributed by atoms with Gasteiger partial charge in [0.05, 0.1) is 19.3 Å². The Balaban J connectivity index is 1.89. The standard InChI is InChI=1S/C19H20N6O/c1-3-4-5-6-15(20)12-21-18-11-17(24-19-22-13-23-25(18)19)14-7-9-16(26-2)10-8-14/h3-11,13,21H,1,12,20H2,2H3/b5-4-,15-6-. The number of fused-ring (bicyclic) bond motifs is 1. The molecule has 0 amide bonds. The maximum Gasteiger partial charge on any atom is 0.254 e. The molecule has 0 aliphatic carbocycles. The Kier molecular flexibility index (Phi) is 5.28. The van der Waals surface area contributed by atoms with Gasteiger partial charge in [0.25, 0.3) is 5.78 Å². The SMILES string of the molecule is C=C/C=C\C=C(/N)CNc1cc(-c2ccc(OC)cc2)nc2ncnn12. The molecule has 0 aliphatic rings. The fraction of sp³-hybridized carbons (Fsp3) is 0.105. The van der Waals surface area contributed by atoms with Crippen molar-refractivity contribution in [1.29, 1.82) is 0 Å². The van der Waals surface area contributed by atoms with Gasteiger partial charge in [-0.25, -0.2) is 4.98 Å². The number of hydrogen-bond acceptors (Lipinski definition) is 6. The van der Waals surface area contributed by atoms with E-state index in [0.717, 1.165) is 22.8 Å². The minimum atomic E-state index is 0.461. The number of hydrogen-bond donors (Lipinski definition) is 2. The number of nitrogens with one attached hydrogen (secondary N) is 1. The van der Waals surface area contributed by atoms with E-state index in [1.807, 2.05) is 48.6 Å². The first-order chi connectivity index (χ1) is 12.7. The van der Waals surface area contributed by atoms with Crippen molar-refractivity contribution in [2.45, 2.75) is 0 Å². The van der Waals surface area contributed by atoms with Crippen LogP contribution in [0.3, 0.4) is 0 Å². The van der Waals surface area contributed by atoms with Crippen molar-refractivity contribution in [3.05, 3.63) is 73.2 Å². The molecule has 0 unspecified atom stereocenters. The van der Waals surface area contributed by atoms with Gasteiger partial charge in [-0.3, -0.25) is 0 Å². The Hall–Kier alpha value is -3.61. The second kappa shape index (κ2) is 7.98. The molecule has 0 saturated heterocycles. The van der Waals surface area contributed by atoms with E-state index in [-0.39, 0.29) is 0 Å². The lowest BCUT2D eigenvalue weighted by Gasteiger charge is -2.10. The predicted molar refractivity (Wildman–Crippen MR) is 103 cm³/mol. The van der Waals surface area contributed by atoms with E-state index < -0.39 is 0 Å². The summed E-state index contributed by atoms with van der Waals surface area (Å²) >= 11 is 0. The summed E-state index contributed by atoms with van der Waals surface area (Å²) in [7, 11) is 1.64. The molecule has 2 aromatic heterocycles. The second-order valence-electron chi connectivity index (χ2n) is 5.44. The van der Waals surface area contributed by atoms with E-state index in [1.165, 1.54) is 6.33 Å². The number of nitrogens with two attached hydrogens (primary N) is 1.